The maximum Gasteiger partial charge on any atom is 0.338 e. The van der Waals surface area contributed by atoms with E-state index < -0.39 is 34.9 Å². The first-order chi connectivity index (χ1) is 14.1. The second-order valence-corrected chi connectivity index (χ2v) is 9.09. The van der Waals surface area contributed by atoms with E-state index in [-0.39, 0.29) is 6.61 Å². The monoisotopic (exact) mass is 432 g/mol. The molecule has 0 aromatic heterocycles. The average Bonchev–Trinajstić information content (AvgIpc) is 2.92. The van der Waals surface area contributed by atoms with Gasteiger partial charge in [0, 0.05) is 0 Å². The number of benzene rings is 2. The Bertz CT molecular complexity index is 920. The molecule has 2 aromatic carbocycles. The van der Waals surface area contributed by atoms with E-state index in [1.807, 2.05) is 39.8 Å². The van der Waals surface area contributed by atoms with E-state index in [0.29, 0.717) is 11.1 Å². The van der Waals surface area contributed by atoms with E-state index in [0.717, 1.165) is 34.0 Å². The van der Waals surface area contributed by atoms with Crippen molar-refractivity contribution >= 4 is 23.7 Å². The Morgan fingerprint density at radius 2 is 1.37 bits per heavy atom. The van der Waals surface area contributed by atoms with Crippen molar-refractivity contribution in [2.24, 2.45) is 0 Å². The number of esters is 2. The molecule has 1 fully saturated rings. The van der Waals surface area contributed by atoms with Crippen LogP contribution in [0.2, 0.25) is 0 Å². The summed E-state index contributed by atoms with van der Waals surface area (Å²) in [5.41, 5.74) is 2.99. The van der Waals surface area contributed by atoms with Gasteiger partial charge in [0.15, 0.2) is 12.3 Å². The Balaban J connectivity index is 1.69. The van der Waals surface area contributed by atoms with Gasteiger partial charge in [-0.3, -0.25) is 0 Å². The summed E-state index contributed by atoms with van der Waals surface area (Å²) in [6, 6.07) is 10.6. The van der Waals surface area contributed by atoms with Crippen molar-refractivity contribution in [2.75, 3.05) is 6.61 Å². The number of aliphatic hydroxyl groups excluding tert-OH is 1. The highest BCUT2D eigenvalue weighted by Gasteiger charge is 2.47. The number of halogens is 1. The summed E-state index contributed by atoms with van der Waals surface area (Å²) >= 11 is 0.895. The number of carbonyl (C=O) groups excluding carboxylic acids is 2. The second kappa shape index (κ2) is 9.18. The molecule has 160 valence electrons. The first-order valence-corrected chi connectivity index (χ1v) is 10.6. The van der Waals surface area contributed by atoms with Crippen molar-refractivity contribution in [1.29, 1.82) is 0 Å². The molecule has 0 bridgehead atoms. The van der Waals surface area contributed by atoms with Crippen molar-refractivity contribution < 1.29 is 28.6 Å². The molecule has 4 atom stereocenters. The highest BCUT2D eigenvalue weighted by molar-refractivity contribution is 8.00. The molecule has 1 N–H and O–H groups in total. The Kier molecular flexibility index (Phi) is 6.83. The van der Waals surface area contributed by atoms with E-state index in [1.165, 1.54) is 0 Å². The fourth-order valence-electron chi connectivity index (χ4n) is 3.59. The van der Waals surface area contributed by atoms with E-state index in [1.54, 1.807) is 24.3 Å². The largest absolute Gasteiger partial charge is 0.461 e. The zero-order chi connectivity index (χ0) is 22.0. The number of thioether (sulfide) groups is 1. The Morgan fingerprint density at radius 3 is 1.87 bits per heavy atom. The molecule has 30 heavy (non-hydrogen) atoms. The highest BCUT2D eigenvalue weighted by atomic mass is 32.2. The second-order valence-electron chi connectivity index (χ2n) is 7.73. The van der Waals surface area contributed by atoms with Gasteiger partial charge in [-0.1, -0.05) is 34.4 Å². The summed E-state index contributed by atoms with van der Waals surface area (Å²) in [4.78, 5) is 24.9. The summed E-state index contributed by atoms with van der Waals surface area (Å²) in [5.74, 6) is -1.21. The first-order valence-electron chi connectivity index (χ1n) is 9.66. The molecule has 0 amide bonds. The molecule has 1 aliphatic rings. The number of aliphatic hydroxyl groups is 1. The standard InChI is InChI=1S/C23H25FO5S/c1-12-5-13(2)8-16(7-12)21(25)28-11-18-20(19(24)23(27)30-18)29-22(26)17-9-14(3)6-15(4)10-17/h5-10,18-20,23,27H,11H2,1-4H3/t18?,19-,20+,23-/m0/s1. The number of carbonyl (C=O) groups is 2. The van der Waals surface area contributed by atoms with Crippen LogP contribution in [0.1, 0.15) is 43.0 Å². The molecule has 1 saturated heterocycles. The van der Waals surface area contributed by atoms with Crippen LogP contribution in [0, 0.1) is 27.7 Å². The van der Waals surface area contributed by atoms with Gasteiger partial charge in [0.05, 0.1) is 16.4 Å². The molecule has 0 saturated carbocycles. The highest BCUT2D eigenvalue weighted by Crippen LogP contribution is 2.37. The van der Waals surface area contributed by atoms with Crippen molar-refractivity contribution in [3.05, 3.63) is 69.8 Å². The lowest BCUT2D eigenvalue weighted by Crippen LogP contribution is -2.36. The normalized spacial score (nSPS) is 23.3. The lowest BCUT2D eigenvalue weighted by Gasteiger charge is -2.20. The summed E-state index contributed by atoms with van der Waals surface area (Å²) in [7, 11) is 0. The maximum atomic E-state index is 14.5. The van der Waals surface area contributed by atoms with Gasteiger partial charge in [0.25, 0.3) is 0 Å². The number of rotatable bonds is 5. The number of hydrogen-bond acceptors (Lipinski definition) is 6. The summed E-state index contributed by atoms with van der Waals surface area (Å²) in [6.07, 6.45) is -2.99. The minimum atomic E-state index is -1.77. The Labute approximate surface area is 179 Å². The van der Waals surface area contributed by atoms with Gasteiger partial charge in [0.2, 0.25) is 0 Å². The van der Waals surface area contributed by atoms with Gasteiger partial charge in [-0.25, -0.2) is 14.0 Å². The maximum absolute atomic E-state index is 14.5. The molecular formula is C23H25FO5S. The van der Waals surface area contributed by atoms with Crippen molar-refractivity contribution in [1.82, 2.24) is 0 Å². The van der Waals surface area contributed by atoms with Crippen LogP contribution in [0.3, 0.4) is 0 Å². The molecule has 1 unspecified atom stereocenters. The van der Waals surface area contributed by atoms with Crippen molar-refractivity contribution in [3.63, 3.8) is 0 Å². The third kappa shape index (κ3) is 5.21. The average molecular weight is 433 g/mol. The predicted octanol–water partition coefficient (Wildman–Crippen LogP) is 4.07. The summed E-state index contributed by atoms with van der Waals surface area (Å²) in [6.45, 7) is 7.28. The Morgan fingerprint density at radius 1 is 0.900 bits per heavy atom. The van der Waals surface area contributed by atoms with Crippen LogP contribution in [0.25, 0.3) is 0 Å². The molecule has 1 aliphatic heterocycles. The van der Waals surface area contributed by atoms with E-state index in [4.69, 9.17) is 9.47 Å². The van der Waals surface area contributed by atoms with Crippen LogP contribution in [0.5, 0.6) is 0 Å². The molecule has 2 aromatic rings. The first kappa shape index (κ1) is 22.3. The molecule has 0 spiro atoms. The lowest BCUT2D eigenvalue weighted by molar-refractivity contribution is -0.0112. The minimum absolute atomic E-state index is 0.182. The van der Waals surface area contributed by atoms with E-state index >= 15 is 0 Å². The zero-order valence-electron chi connectivity index (χ0n) is 17.3. The zero-order valence-corrected chi connectivity index (χ0v) is 18.2. The lowest BCUT2D eigenvalue weighted by atomic mass is 10.1. The fraction of sp³-hybridized carbons (Fsp3) is 0.391. The van der Waals surface area contributed by atoms with Gasteiger partial charge in [-0.2, -0.15) is 0 Å². The number of hydrogen-bond donors (Lipinski definition) is 1. The van der Waals surface area contributed by atoms with E-state index in [2.05, 4.69) is 0 Å². The number of aryl methyl sites for hydroxylation is 4. The van der Waals surface area contributed by atoms with Crippen LogP contribution >= 0.6 is 11.8 Å². The van der Waals surface area contributed by atoms with Gasteiger partial charge in [-0.15, -0.1) is 11.8 Å². The molecule has 1 heterocycles. The molecule has 0 aliphatic carbocycles. The molecule has 0 radical (unpaired) electrons. The molecule has 7 heteroatoms. The van der Waals surface area contributed by atoms with Crippen LogP contribution in [-0.4, -0.2) is 46.6 Å². The van der Waals surface area contributed by atoms with Gasteiger partial charge >= 0.3 is 11.9 Å². The van der Waals surface area contributed by atoms with Gasteiger partial charge in [-0.05, 0) is 52.0 Å². The SMILES string of the molecule is Cc1cc(C)cc(C(=O)OCC2S[C@H](O)[C@@H](F)[C@@H]2OC(=O)c2cc(C)cc(C)c2)c1. The van der Waals surface area contributed by atoms with Gasteiger partial charge < -0.3 is 14.6 Å². The fourth-order valence-corrected chi connectivity index (χ4v) is 4.76. The molecular weight excluding hydrogens is 407 g/mol. The molecule has 3 rings (SSSR count). The van der Waals surface area contributed by atoms with Crippen molar-refractivity contribution in [3.8, 4) is 0 Å². The number of ether oxygens (including phenoxy) is 2. The summed E-state index contributed by atoms with van der Waals surface area (Å²) < 4.78 is 25.3. The summed E-state index contributed by atoms with van der Waals surface area (Å²) in [5, 5.41) is 9.21. The quantitative estimate of drug-likeness (QED) is 0.718. The molecule has 5 nitrogen and oxygen atoms in total. The smallest absolute Gasteiger partial charge is 0.338 e. The Hall–Kier alpha value is -2.38. The van der Waals surface area contributed by atoms with Crippen LogP contribution in [0.4, 0.5) is 4.39 Å². The van der Waals surface area contributed by atoms with Gasteiger partial charge in [0.1, 0.15) is 12.0 Å². The predicted molar refractivity (Wildman–Crippen MR) is 114 cm³/mol. The number of alkyl halides is 1. The topological polar surface area (TPSA) is 72.8 Å². The van der Waals surface area contributed by atoms with Crippen LogP contribution in [-0.2, 0) is 9.47 Å². The van der Waals surface area contributed by atoms with Crippen LogP contribution in [0.15, 0.2) is 36.4 Å². The van der Waals surface area contributed by atoms with E-state index in [9.17, 15) is 19.1 Å². The van der Waals surface area contributed by atoms with Crippen LogP contribution < -0.4 is 0 Å². The van der Waals surface area contributed by atoms with Crippen molar-refractivity contribution in [2.45, 2.75) is 50.7 Å². The third-order valence-electron chi connectivity index (χ3n) is 4.80. The minimum Gasteiger partial charge on any atom is -0.461 e. The third-order valence-corrected chi connectivity index (χ3v) is 6.10.